The summed E-state index contributed by atoms with van der Waals surface area (Å²) >= 11 is 3.56. The molecule has 0 aromatic heterocycles. The molecule has 2 N–H and O–H groups in total. The van der Waals surface area contributed by atoms with Crippen LogP contribution < -0.4 is 14.8 Å². The van der Waals surface area contributed by atoms with Gasteiger partial charge in [0.2, 0.25) is 0 Å². The van der Waals surface area contributed by atoms with Gasteiger partial charge in [0, 0.05) is 23.1 Å². The number of aliphatic hydroxyl groups excluding tert-OH is 1. The topological polar surface area (TPSA) is 50.7 Å². The Hall–Kier alpha value is -1.56. The lowest BCUT2D eigenvalue weighted by Crippen LogP contribution is -2.18. The van der Waals surface area contributed by atoms with Crippen LogP contribution in [0, 0.1) is 6.92 Å². The van der Waals surface area contributed by atoms with Crippen LogP contribution in [0.25, 0.3) is 0 Å². The van der Waals surface area contributed by atoms with Gasteiger partial charge in [-0.1, -0.05) is 45.8 Å². The summed E-state index contributed by atoms with van der Waals surface area (Å²) in [5, 5.41) is 12.1. The number of nitrogens with one attached hydrogen (secondary N) is 1. The second kappa shape index (κ2) is 8.91. The van der Waals surface area contributed by atoms with Crippen molar-refractivity contribution in [2.24, 2.45) is 0 Å². The molecule has 0 saturated heterocycles. The molecule has 23 heavy (non-hydrogen) atoms. The SMILES string of the molecule is COc1ccc(Br)c(CNCCO)c1OCc1ccc(C)cc1. The molecule has 0 aliphatic heterocycles. The zero-order valence-corrected chi connectivity index (χ0v) is 15.0. The van der Waals surface area contributed by atoms with E-state index in [1.165, 1.54) is 5.56 Å². The van der Waals surface area contributed by atoms with Gasteiger partial charge in [0.25, 0.3) is 0 Å². The number of aryl methyl sites for hydroxylation is 1. The van der Waals surface area contributed by atoms with E-state index in [4.69, 9.17) is 14.6 Å². The first-order valence-corrected chi connectivity index (χ1v) is 8.30. The zero-order valence-electron chi connectivity index (χ0n) is 13.4. The van der Waals surface area contributed by atoms with E-state index in [0.717, 1.165) is 15.6 Å². The Labute approximate surface area is 145 Å². The van der Waals surface area contributed by atoms with Gasteiger partial charge in [-0.3, -0.25) is 0 Å². The molecule has 0 radical (unpaired) electrons. The van der Waals surface area contributed by atoms with Crippen molar-refractivity contribution < 1.29 is 14.6 Å². The average molecular weight is 380 g/mol. The summed E-state index contributed by atoms with van der Waals surface area (Å²) in [4.78, 5) is 0. The fourth-order valence-corrected chi connectivity index (χ4v) is 2.65. The summed E-state index contributed by atoms with van der Waals surface area (Å²) in [7, 11) is 1.63. The largest absolute Gasteiger partial charge is 0.493 e. The van der Waals surface area contributed by atoms with Gasteiger partial charge in [0.15, 0.2) is 11.5 Å². The van der Waals surface area contributed by atoms with Crippen molar-refractivity contribution in [1.82, 2.24) is 5.32 Å². The van der Waals surface area contributed by atoms with E-state index in [9.17, 15) is 0 Å². The zero-order chi connectivity index (χ0) is 16.7. The third kappa shape index (κ3) is 4.96. The van der Waals surface area contributed by atoms with Crippen LogP contribution in [0.1, 0.15) is 16.7 Å². The van der Waals surface area contributed by atoms with E-state index in [1.54, 1.807) is 7.11 Å². The van der Waals surface area contributed by atoms with Gasteiger partial charge in [0.05, 0.1) is 13.7 Å². The highest BCUT2D eigenvalue weighted by Crippen LogP contribution is 2.36. The number of methoxy groups -OCH3 is 1. The molecule has 0 bridgehead atoms. The number of hydrogen-bond donors (Lipinski definition) is 2. The Morgan fingerprint density at radius 2 is 1.87 bits per heavy atom. The molecular formula is C18H22BrNO3. The number of benzene rings is 2. The molecule has 2 rings (SSSR count). The van der Waals surface area contributed by atoms with Gasteiger partial charge < -0.3 is 19.9 Å². The summed E-state index contributed by atoms with van der Waals surface area (Å²) in [6.45, 7) is 3.75. The van der Waals surface area contributed by atoms with Crippen molar-refractivity contribution in [3.8, 4) is 11.5 Å². The smallest absolute Gasteiger partial charge is 0.167 e. The lowest BCUT2D eigenvalue weighted by atomic mass is 10.1. The van der Waals surface area contributed by atoms with E-state index >= 15 is 0 Å². The normalized spacial score (nSPS) is 10.6. The average Bonchev–Trinajstić information content (AvgIpc) is 2.56. The van der Waals surface area contributed by atoms with Gasteiger partial charge in [0.1, 0.15) is 6.61 Å². The van der Waals surface area contributed by atoms with Gasteiger partial charge in [-0.15, -0.1) is 0 Å². The van der Waals surface area contributed by atoms with Crippen LogP contribution in [-0.4, -0.2) is 25.4 Å². The molecular weight excluding hydrogens is 358 g/mol. The number of halogens is 1. The van der Waals surface area contributed by atoms with Crippen molar-refractivity contribution in [2.45, 2.75) is 20.1 Å². The van der Waals surface area contributed by atoms with Crippen LogP contribution in [-0.2, 0) is 13.2 Å². The van der Waals surface area contributed by atoms with Crippen LogP contribution >= 0.6 is 15.9 Å². The molecule has 5 heteroatoms. The maximum atomic E-state index is 8.93. The minimum absolute atomic E-state index is 0.0984. The molecule has 0 fully saturated rings. The molecule has 0 amide bonds. The van der Waals surface area contributed by atoms with E-state index < -0.39 is 0 Å². The van der Waals surface area contributed by atoms with E-state index in [0.29, 0.717) is 31.2 Å². The highest BCUT2D eigenvalue weighted by atomic mass is 79.9. The first-order chi connectivity index (χ1) is 11.2. The maximum absolute atomic E-state index is 8.93. The predicted octanol–water partition coefficient (Wildman–Crippen LogP) is 3.43. The van der Waals surface area contributed by atoms with Crippen LogP contribution in [0.4, 0.5) is 0 Å². The van der Waals surface area contributed by atoms with Crippen LogP contribution in [0.5, 0.6) is 11.5 Å². The van der Waals surface area contributed by atoms with Crippen LogP contribution in [0.2, 0.25) is 0 Å². The fourth-order valence-electron chi connectivity index (χ4n) is 2.20. The second-order valence-electron chi connectivity index (χ2n) is 5.23. The Balaban J connectivity index is 2.19. The molecule has 0 atom stereocenters. The summed E-state index contributed by atoms with van der Waals surface area (Å²) in [6.07, 6.45) is 0. The van der Waals surface area contributed by atoms with E-state index in [-0.39, 0.29) is 6.61 Å². The lowest BCUT2D eigenvalue weighted by Gasteiger charge is -2.17. The van der Waals surface area contributed by atoms with Crippen LogP contribution in [0.3, 0.4) is 0 Å². The molecule has 0 aliphatic carbocycles. The highest BCUT2D eigenvalue weighted by molar-refractivity contribution is 9.10. The quantitative estimate of drug-likeness (QED) is 0.689. The first-order valence-electron chi connectivity index (χ1n) is 7.51. The molecule has 4 nitrogen and oxygen atoms in total. The highest BCUT2D eigenvalue weighted by Gasteiger charge is 2.14. The molecule has 0 aliphatic rings. The third-order valence-electron chi connectivity index (χ3n) is 3.48. The van der Waals surface area contributed by atoms with E-state index in [1.807, 2.05) is 12.1 Å². The monoisotopic (exact) mass is 379 g/mol. The Kier molecular flexibility index (Phi) is 6.89. The fraction of sp³-hybridized carbons (Fsp3) is 0.333. The molecule has 124 valence electrons. The molecule has 0 unspecified atom stereocenters. The van der Waals surface area contributed by atoms with Crippen molar-refractivity contribution >= 4 is 15.9 Å². The lowest BCUT2D eigenvalue weighted by molar-refractivity contribution is 0.277. The standard InChI is InChI=1S/C18H22BrNO3/c1-13-3-5-14(6-4-13)12-23-18-15(11-20-9-10-21)16(19)7-8-17(18)22-2/h3-8,20-21H,9-12H2,1-2H3. The number of rotatable bonds is 8. The van der Waals surface area contributed by atoms with Gasteiger partial charge >= 0.3 is 0 Å². The molecule has 2 aromatic rings. The van der Waals surface area contributed by atoms with Crippen molar-refractivity contribution in [1.29, 1.82) is 0 Å². The number of hydrogen-bond acceptors (Lipinski definition) is 4. The minimum atomic E-state index is 0.0984. The Bertz CT molecular complexity index is 629. The number of aliphatic hydroxyl groups is 1. The van der Waals surface area contributed by atoms with Crippen molar-refractivity contribution in [3.05, 3.63) is 57.6 Å². The summed E-state index contributed by atoms with van der Waals surface area (Å²) < 4.78 is 12.4. The van der Waals surface area contributed by atoms with Gasteiger partial charge in [-0.05, 0) is 24.6 Å². The third-order valence-corrected chi connectivity index (χ3v) is 4.22. The minimum Gasteiger partial charge on any atom is -0.493 e. The molecule has 0 spiro atoms. The predicted molar refractivity (Wildman–Crippen MR) is 95.0 cm³/mol. The molecule has 0 heterocycles. The Morgan fingerprint density at radius 3 is 2.52 bits per heavy atom. The van der Waals surface area contributed by atoms with E-state index in [2.05, 4.69) is 52.4 Å². The van der Waals surface area contributed by atoms with Crippen LogP contribution in [0.15, 0.2) is 40.9 Å². The van der Waals surface area contributed by atoms with Gasteiger partial charge in [-0.25, -0.2) is 0 Å². The Morgan fingerprint density at radius 1 is 1.13 bits per heavy atom. The number of ether oxygens (including phenoxy) is 2. The van der Waals surface area contributed by atoms with Gasteiger partial charge in [-0.2, -0.15) is 0 Å². The second-order valence-corrected chi connectivity index (χ2v) is 6.09. The summed E-state index contributed by atoms with van der Waals surface area (Å²) in [5.74, 6) is 1.41. The van der Waals surface area contributed by atoms with Crippen molar-refractivity contribution in [2.75, 3.05) is 20.3 Å². The molecule has 0 saturated carbocycles. The summed E-state index contributed by atoms with van der Waals surface area (Å²) in [5.41, 5.74) is 3.31. The first kappa shape index (κ1) is 17.8. The molecule has 2 aromatic carbocycles. The van der Waals surface area contributed by atoms with Crippen molar-refractivity contribution in [3.63, 3.8) is 0 Å². The summed E-state index contributed by atoms with van der Waals surface area (Å²) in [6, 6.07) is 12.1. The maximum Gasteiger partial charge on any atom is 0.167 e.